The summed E-state index contributed by atoms with van der Waals surface area (Å²) in [5.41, 5.74) is 0. The fourth-order valence-electron chi connectivity index (χ4n) is 4.86. The van der Waals surface area contributed by atoms with Crippen LogP contribution in [-0.4, -0.2) is 81.1 Å². The molecule has 0 rings (SSSR count). The van der Waals surface area contributed by atoms with Crippen molar-refractivity contribution in [2.45, 2.75) is 180 Å². The smallest absolute Gasteiger partial charge is 1.00 e. The molecule has 0 aromatic carbocycles. The monoisotopic (exact) mass is 632 g/mol. The summed E-state index contributed by atoms with van der Waals surface area (Å²) in [6.07, 6.45) is 27.6. The first-order valence-corrected chi connectivity index (χ1v) is 18.1. The van der Waals surface area contributed by atoms with Gasteiger partial charge in [-0.2, -0.15) is 8.42 Å². The molecule has 0 aliphatic heterocycles. The zero-order valence-corrected chi connectivity index (χ0v) is 29.7. The molecule has 0 heterocycles. The number of ether oxygens (including phenoxy) is 2. The maximum atomic E-state index is 12.2. The molecule has 41 heavy (non-hydrogen) atoms. The first-order valence-electron chi connectivity index (χ1n) is 16.6. The molecule has 0 aliphatic rings. The van der Waals surface area contributed by atoms with Crippen molar-refractivity contribution in [1.29, 1.82) is 0 Å². The second kappa shape index (κ2) is 31.5. The minimum absolute atomic E-state index is 0. The largest absolute Gasteiger partial charge is 2.00 e. The van der Waals surface area contributed by atoms with Crippen LogP contribution in [0.2, 0.25) is 0 Å². The number of rotatable bonds is 30. The first kappa shape index (κ1) is 43.2. The zero-order chi connectivity index (χ0) is 29.7. The molecular formula is C32H64CaO7S. The molecule has 0 fully saturated rings. The molecule has 0 aromatic rings. The van der Waals surface area contributed by atoms with Crippen molar-refractivity contribution >= 4 is 59.8 Å². The molecule has 0 aliphatic carbocycles. The van der Waals surface area contributed by atoms with E-state index in [9.17, 15) is 22.6 Å². The number of unbranched alkanes of at least 4 members (excludes halogenated alkanes) is 22. The number of hydrogen-bond donors (Lipinski definition) is 1. The summed E-state index contributed by atoms with van der Waals surface area (Å²) in [5, 5.41) is -1.93. The third-order valence-electron chi connectivity index (χ3n) is 7.48. The molecule has 0 radical (unpaired) electrons. The average molecular weight is 633 g/mol. The van der Waals surface area contributed by atoms with Crippen LogP contribution in [0.1, 0.15) is 177 Å². The molecule has 0 saturated heterocycles. The van der Waals surface area contributed by atoms with Crippen molar-refractivity contribution in [3.8, 4) is 0 Å². The van der Waals surface area contributed by atoms with Gasteiger partial charge in [-0.1, -0.05) is 155 Å². The summed E-state index contributed by atoms with van der Waals surface area (Å²) in [4.78, 5) is 24.3. The molecule has 9 heteroatoms. The van der Waals surface area contributed by atoms with Crippen LogP contribution in [0.4, 0.5) is 0 Å². The van der Waals surface area contributed by atoms with Crippen molar-refractivity contribution in [3.63, 3.8) is 0 Å². The van der Waals surface area contributed by atoms with Crippen LogP contribution in [0.15, 0.2) is 0 Å². The molecule has 1 unspecified atom stereocenters. The van der Waals surface area contributed by atoms with Gasteiger partial charge < -0.3 is 12.3 Å². The van der Waals surface area contributed by atoms with Gasteiger partial charge in [0.2, 0.25) is 0 Å². The molecule has 1 N–H and O–H groups in total. The van der Waals surface area contributed by atoms with Crippen molar-refractivity contribution in [1.82, 2.24) is 0 Å². The van der Waals surface area contributed by atoms with Crippen molar-refractivity contribution < 1.29 is 34.9 Å². The Hall–Kier alpha value is 0.110. The van der Waals surface area contributed by atoms with Gasteiger partial charge in [0, 0.05) is 0 Å². The van der Waals surface area contributed by atoms with Crippen LogP contribution < -0.4 is 0 Å². The number of esters is 2. The topological polar surface area (TPSA) is 107 Å². The Morgan fingerprint density at radius 3 is 1.17 bits per heavy atom. The van der Waals surface area contributed by atoms with Crippen LogP contribution in [0.5, 0.6) is 0 Å². The molecule has 1 atom stereocenters. The van der Waals surface area contributed by atoms with Crippen molar-refractivity contribution in [3.05, 3.63) is 0 Å². The van der Waals surface area contributed by atoms with Crippen LogP contribution in [0.25, 0.3) is 0 Å². The van der Waals surface area contributed by atoms with E-state index in [0.717, 1.165) is 32.1 Å². The van der Waals surface area contributed by atoms with Crippen LogP contribution in [0.3, 0.4) is 0 Å². The van der Waals surface area contributed by atoms with E-state index < -0.39 is 33.7 Å². The summed E-state index contributed by atoms with van der Waals surface area (Å²) >= 11 is 0. The van der Waals surface area contributed by atoms with E-state index in [0.29, 0.717) is 12.8 Å². The Morgan fingerprint density at radius 1 is 0.561 bits per heavy atom. The predicted molar refractivity (Wildman–Crippen MR) is 172 cm³/mol. The SMILES string of the molecule is CCCCCCCCCCCCCCOC(=O)CC(C(=O)OCCCCCCCCCCCCCC)S(=O)(=O)O.[Ca+2].[H-].[H-]. The summed E-state index contributed by atoms with van der Waals surface area (Å²) in [6, 6.07) is 0. The predicted octanol–water partition coefficient (Wildman–Crippen LogP) is 8.97. The van der Waals surface area contributed by atoms with E-state index in [-0.39, 0.29) is 53.8 Å². The number of hydrogen-bond acceptors (Lipinski definition) is 6. The third-order valence-corrected chi connectivity index (χ3v) is 8.56. The Bertz CT molecular complexity index is 712. The van der Waals surface area contributed by atoms with Gasteiger partial charge in [0.15, 0.2) is 5.25 Å². The normalized spacial score (nSPS) is 12.1. The zero-order valence-electron chi connectivity index (χ0n) is 28.7. The van der Waals surface area contributed by atoms with E-state index in [4.69, 9.17) is 9.47 Å². The van der Waals surface area contributed by atoms with E-state index in [1.165, 1.54) is 109 Å². The van der Waals surface area contributed by atoms with Gasteiger partial charge >= 0.3 is 49.7 Å². The van der Waals surface area contributed by atoms with Gasteiger partial charge in [-0.3, -0.25) is 14.1 Å². The number of carbonyl (C=O) groups excluding carboxylic acids is 2. The summed E-state index contributed by atoms with van der Waals surface area (Å²) in [5.74, 6) is -1.90. The first-order chi connectivity index (χ1) is 19.3. The van der Waals surface area contributed by atoms with E-state index in [2.05, 4.69) is 13.8 Å². The van der Waals surface area contributed by atoms with E-state index in [1.54, 1.807) is 0 Å². The Morgan fingerprint density at radius 2 is 0.854 bits per heavy atom. The van der Waals surface area contributed by atoms with Crippen LogP contribution in [0, 0.1) is 0 Å². The maximum absolute atomic E-state index is 12.2. The fraction of sp³-hybridized carbons (Fsp3) is 0.938. The number of carbonyl (C=O) groups is 2. The van der Waals surface area contributed by atoms with E-state index in [1.807, 2.05) is 0 Å². The molecule has 7 nitrogen and oxygen atoms in total. The molecule has 0 bridgehead atoms. The van der Waals surface area contributed by atoms with Crippen molar-refractivity contribution in [2.24, 2.45) is 0 Å². The summed E-state index contributed by atoms with van der Waals surface area (Å²) in [7, 11) is -4.76. The van der Waals surface area contributed by atoms with Gasteiger partial charge in [0.05, 0.1) is 19.6 Å². The fourth-order valence-corrected chi connectivity index (χ4v) is 5.52. The van der Waals surface area contributed by atoms with Crippen LogP contribution in [-0.2, 0) is 29.2 Å². The quantitative estimate of drug-likeness (QED) is 0.0364. The second-order valence-electron chi connectivity index (χ2n) is 11.4. The maximum Gasteiger partial charge on any atom is 2.00 e. The average Bonchev–Trinajstić information content (AvgIpc) is 2.91. The molecule has 0 amide bonds. The van der Waals surface area contributed by atoms with Crippen LogP contribution >= 0.6 is 0 Å². The minimum atomic E-state index is -4.76. The molecular weight excluding hydrogens is 568 g/mol. The van der Waals surface area contributed by atoms with Gasteiger partial charge in [0.25, 0.3) is 10.1 Å². The second-order valence-corrected chi connectivity index (χ2v) is 13.0. The third kappa shape index (κ3) is 29.9. The Labute approximate surface area is 285 Å². The molecule has 242 valence electrons. The van der Waals surface area contributed by atoms with Crippen molar-refractivity contribution in [2.75, 3.05) is 13.2 Å². The molecule has 0 saturated carbocycles. The van der Waals surface area contributed by atoms with Gasteiger partial charge in [0.1, 0.15) is 0 Å². The van der Waals surface area contributed by atoms with Gasteiger partial charge in [-0.25, -0.2) is 0 Å². The van der Waals surface area contributed by atoms with E-state index >= 15 is 0 Å². The minimum Gasteiger partial charge on any atom is -1.00 e. The molecule has 0 spiro atoms. The Balaban J connectivity index is -0.00000253. The summed E-state index contributed by atoms with van der Waals surface area (Å²) in [6.45, 7) is 4.72. The standard InChI is InChI=1S/C32H62O7S.Ca.2H/c1-3-5-7-9-11-13-15-17-19-21-23-25-27-38-31(33)29-30(40(35,36)37)32(34)39-28-26-24-22-20-18-16-14-12-10-8-6-4-2;;;/h30H,3-29H2,1-2H3,(H,35,36,37);;;/q;+2;2*-1. The summed E-state index contributed by atoms with van der Waals surface area (Å²) < 4.78 is 43.0. The van der Waals surface area contributed by atoms with Gasteiger partial charge in [-0.15, -0.1) is 0 Å². The van der Waals surface area contributed by atoms with Gasteiger partial charge in [-0.05, 0) is 12.8 Å². The molecule has 0 aromatic heterocycles. The Kier molecular flexibility index (Phi) is 33.3.